The summed E-state index contributed by atoms with van der Waals surface area (Å²) in [4.78, 5) is 7.12. The van der Waals surface area contributed by atoms with E-state index in [9.17, 15) is 5.11 Å². The molecule has 28 heavy (non-hydrogen) atoms. The van der Waals surface area contributed by atoms with Crippen molar-refractivity contribution in [3.63, 3.8) is 0 Å². The second kappa shape index (κ2) is 13.3. The number of aliphatic hydroxyl groups excluding tert-OH is 1. The Morgan fingerprint density at radius 1 is 1.32 bits per heavy atom. The van der Waals surface area contributed by atoms with Crippen molar-refractivity contribution >= 4 is 29.9 Å². The summed E-state index contributed by atoms with van der Waals surface area (Å²) in [6.07, 6.45) is 1.71. The largest absolute Gasteiger partial charge is 0.396 e. The normalized spacial score (nSPS) is 20.7. The Morgan fingerprint density at radius 3 is 2.68 bits per heavy atom. The van der Waals surface area contributed by atoms with E-state index in [0.29, 0.717) is 19.2 Å². The maximum atomic E-state index is 9.38. The Hall–Kier alpha value is -0.900. The van der Waals surface area contributed by atoms with Crippen LogP contribution in [0.3, 0.4) is 0 Å². The predicted octanol–water partition coefficient (Wildman–Crippen LogP) is 2.47. The van der Waals surface area contributed by atoms with E-state index in [2.05, 4.69) is 60.7 Å². The number of aliphatic imine (C=N–C) groups is 1. The molecule has 0 radical (unpaired) electrons. The average molecular weight is 504 g/mol. The average Bonchev–Trinajstić information content (AvgIpc) is 3.13. The highest BCUT2D eigenvalue weighted by molar-refractivity contribution is 14.0. The number of hydrogen-bond donors (Lipinski definition) is 3. The zero-order valence-electron chi connectivity index (χ0n) is 17.5. The Bertz CT molecular complexity index is 565. The van der Waals surface area contributed by atoms with Crippen LogP contribution in [0, 0.1) is 5.41 Å². The van der Waals surface area contributed by atoms with E-state index < -0.39 is 0 Å². The van der Waals surface area contributed by atoms with Crippen molar-refractivity contribution in [2.75, 3.05) is 46.5 Å². The summed E-state index contributed by atoms with van der Waals surface area (Å²) in [7, 11) is 2.15. The van der Waals surface area contributed by atoms with Crippen molar-refractivity contribution < 1.29 is 9.84 Å². The van der Waals surface area contributed by atoms with E-state index in [1.165, 1.54) is 5.56 Å². The number of hydrogen-bond acceptors (Lipinski definition) is 4. The van der Waals surface area contributed by atoms with Crippen molar-refractivity contribution in [2.24, 2.45) is 10.4 Å². The number of halogens is 1. The summed E-state index contributed by atoms with van der Waals surface area (Å²) < 4.78 is 5.56. The van der Waals surface area contributed by atoms with Gasteiger partial charge in [0.05, 0.1) is 13.2 Å². The van der Waals surface area contributed by atoms with Gasteiger partial charge >= 0.3 is 0 Å². The summed E-state index contributed by atoms with van der Waals surface area (Å²) in [5, 5.41) is 16.2. The fourth-order valence-electron chi connectivity index (χ4n) is 3.30. The maximum Gasteiger partial charge on any atom is 0.191 e. The van der Waals surface area contributed by atoms with Crippen molar-refractivity contribution in [3.05, 3.63) is 35.9 Å². The monoisotopic (exact) mass is 504 g/mol. The minimum absolute atomic E-state index is 0. The number of nitrogens with one attached hydrogen (secondary N) is 2. The van der Waals surface area contributed by atoms with E-state index in [0.717, 1.165) is 45.0 Å². The molecule has 3 N–H and O–H groups in total. The van der Waals surface area contributed by atoms with Gasteiger partial charge in [-0.15, -0.1) is 24.0 Å². The van der Waals surface area contributed by atoms with E-state index >= 15 is 0 Å². The van der Waals surface area contributed by atoms with Crippen LogP contribution in [-0.2, 0) is 11.3 Å². The highest BCUT2D eigenvalue weighted by atomic mass is 127. The lowest BCUT2D eigenvalue weighted by Gasteiger charge is -2.27. The fraction of sp³-hybridized carbons (Fsp3) is 0.667. The summed E-state index contributed by atoms with van der Waals surface area (Å²) >= 11 is 0. The number of ether oxygens (including phenoxy) is 1. The van der Waals surface area contributed by atoms with Crippen LogP contribution in [0.2, 0.25) is 0 Å². The van der Waals surface area contributed by atoms with Crippen LogP contribution in [0.15, 0.2) is 35.3 Å². The zero-order chi connectivity index (χ0) is 19.5. The SMILES string of the molecule is CCNC(=NCC1(CCO)CCOC1)NCC(C)N(C)Cc1ccccc1.I. The van der Waals surface area contributed by atoms with Crippen molar-refractivity contribution in [1.82, 2.24) is 15.5 Å². The molecule has 0 bridgehead atoms. The molecule has 2 atom stereocenters. The Morgan fingerprint density at radius 2 is 2.07 bits per heavy atom. The minimum atomic E-state index is -0.0210. The van der Waals surface area contributed by atoms with E-state index in [-0.39, 0.29) is 36.0 Å². The lowest BCUT2D eigenvalue weighted by molar-refractivity contribution is 0.131. The molecule has 1 saturated heterocycles. The highest BCUT2D eigenvalue weighted by Gasteiger charge is 2.34. The fourth-order valence-corrected chi connectivity index (χ4v) is 3.30. The number of aliphatic hydroxyl groups is 1. The van der Waals surface area contributed by atoms with E-state index in [4.69, 9.17) is 9.73 Å². The van der Waals surface area contributed by atoms with Crippen LogP contribution < -0.4 is 10.6 Å². The van der Waals surface area contributed by atoms with Gasteiger partial charge in [-0.2, -0.15) is 0 Å². The molecule has 1 fully saturated rings. The topological polar surface area (TPSA) is 69.1 Å². The molecule has 2 unspecified atom stereocenters. The van der Waals surface area contributed by atoms with Crippen molar-refractivity contribution in [1.29, 1.82) is 0 Å². The van der Waals surface area contributed by atoms with Crippen molar-refractivity contribution in [3.8, 4) is 0 Å². The zero-order valence-corrected chi connectivity index (χ0v) is 19.8. The number of benzene rings is 1. The molecule has 2 rings (SSSR count). The quantitative estimate of drug-likeness (QED) is 0.260. The van der Waals surface area contributed by atoms with Gasteiger partial charge in [-0.3, -0.25) is 9.89 Å². The summed E-state index contributed by atoms with van der Waals surface area (Å²) in [6.45, 7) is 9.17. The summed E-state index contributed by atoms with van der Waals surface area (Å²) in [5.41, 5.74) is 1.30. The standard InChI is InChI=1S/C21H36N4O2.HI/c1-4-22-20(24-16-21(10-12-26)11-13-27-17-21)23-14-18(2)25(3)15-19-8-6-5-7-9-19;/h5-9,18,26H,4,10-17H2,1-3H3,(H2,22,23,24);1H. The Balaban J connectivity index is 0.00000392. The smallest absolute Gasteiger partial charge is 0.191 e. The van der Waals surface area contributed by atoms with Gasteiger partial charge in [-0.1, -0.05) is 30.3 Å². The molecule has 0 aliphatic carbocycles. The maximum absolute atomic E-state index is 9.38. The number of guanidine groups is 1. The summed E-state index contributed by atoms with van der Waals surface area (Å²) in [6, 6.07) is 10.9. The second-order valence-electron chi connectivity index (χ2n) is 7.60. The molecular weight excluding hydrogens is 467 g/mol. The van der Waals surface area contributed by atoms with Crippen LogP contribution in [0.5, 0.6) is 0 Å². The first-order chi connectivity index (χ1) is 13.1. The first kappa shape index (κ1) is 25.1. The molecule has 1 aliphatic heterocycles. The van der Waals surface area contributed by atoms with Crippen LogP contribution >= 0.6 is 24.0 Å². The molecule has 160 valence electrons. The highest BCUT2D eigenvalue weighted by Crippen LogP contribution is 2.32. The molecule has 7 heteroatoms. The van der Waals surface area contributed by atoms with Gasteiger partial charge in [0.25, 0.3) is 0 Å². The molecule has 1 aromatic carbocycles. The van der Waals surface area contributed by atoms with Crippen LogP contribution in [0.25, 0.3) is 0 Å². The third-order valence-corrected chi connectivity index (χ3v) is 5.34. The molecule has 1 heterocycles. The third kappa shape index (κ3) is 8.23. The molecule has 1 aromatic rings. The first-order valence-electron chi connectivity index (χ1n) is 10.0. The molecule has 0 spiro atoms. The number of likely N-dealkylation sites (N-methyl/N-ethyl adjacent to an activating group) is 1. The van der Waals surface area contributed by atoms with E-state index in [1.807, 2.05) is 6.07 Å². The van der Waals surface area contributed by atoms with Gasteiger partial charge in [0, 0.05) is 44.3 Å². The van der Waals surface area contributed by atoms with Crippen LogP contribution in [0.1, 0.15) is 32.3 Å². The van der Waals surface area contributed by atoms with Gasteiger partial charge in [-0.05, 0) is 39.3 Å². The van der Waals surface area contributed by atoms with Crippen LogP contribution in [0.4, 0.5) is 0 Å². The molecule has 6 nitrogen and oxygen atoms in total. The molecular formula is C21H37IN4O2. The van der Waals surface area contributed by atoms with Crippen molar-refractivity contribution in [2.45, 2.75) is 39.3 Å². The second-order valence-corrected chi connectivity index (χ2v) is 7.60. The third-order valence-electron chi connectivity index (χ3n) is 5.34. The molecule has 0 aromatic heterocycles. The Kier molecular flexibility index (Phi) is 12.0. The van der Waals surface area contributed by atoms with E-state index in [1.54, 1.807) is 0 Å². The first-order valence-corrected chi connectivity index (χ1v) is 10.0. The summed E-state index contributed by atoms with van der Waals surface area (Å²) in [5.74, 6) is 0.835. The van der Waals surface area contributed by atoms with Gasteiger partial charge in [0.15, 0.2) is 5.96 Å². The predicted molar refractivity (Wildman–Crippen MR) is 126 cm³/mol. The lowest BCUT2D eigenvalue weighted by Crippen LogP contribution is -2.45. The van der Waals surface area contributed by atoms with Gasteiger partial charge in [-0.25, -0.2) is 0 Å². The molecule has 1 aliphatic rings. The van der Waals surface area contributed by atoms with Crippen LogP contribution in [-0.4, -0.2) is 68.5 Å². The van der Waals surface area contributed by atoms with Gasteiger partial charge in [0.1, 0.15) is 0 Å². The number of rotatable bonds is 10. The lowest BCUT2D eigenvalue weighted by atomic mass is 9.84. The van der Waals surface area contributed by atoms with Gasteiger partial charge < -0.3 is 20.5 Å². The van der Waals surface area contributed by atoms with Gasteiger partial charge in [0.2, 0.25) is 0 Å². The molecule has 0 saturated carbocycles. The Labute approximate surface area is 187 Å². The number of nitrogens with zero attached hydrogens (tertiary/aromatic N) is 2. The minimum Gasteiger partial charge on any atom is -0.396 e. The molecule has 0 amide bonds.